The van der Waals surface area contributed by atoms with E-state index in [1.54, 1.807) is 13.3 Å². The summed E-state index contributed by atoms with van der Waals surface area (Å²) in [6.45, 7) is -0.401. The van der Waals surface area contributed by atoms with Gasteiger partial charge in [-0.3, -0.25) is 9.18 Å². The van der Waals surface area contributed by atoms with E-state index in [4.69, 9.17) is 15.6 Å². The van der Waals surface area contributed by atoms with Crippen LogP contribution >= 0.6 is 11.8 Å². The van der Waals surface area contributed by atoms with Crippen LogP contribution in [0.3, 0.4) is 0 Å². The fourth-order valence-corrected chi connectivity index (χ4v) is 3.82. The second-order valence-electron chi connectivity index (χ2n) is 5.67. The summed E-state index contributed by atoms with van der Waals surface area (Å²) >= 11 is 1.40. The van der Waals surface area contributed by atoms with Gasteiger partial charge >= 0.3 is 10.3 Å². The van der Waals surface area contributed by atoms with Crippen LogP contribution in [0.25, 0.3) is 11.0 Å². The van der Waals surface area contributed by atoms with Crippen molar-refractivity contribution in [1.29, 1.82) is 0 Å². The Labute approximate surface area is 159 Å². The zero-order valence-corrected chi connectivity index (χ0v) is 15.9. The number of aliphatic hydroxyl groups excluding tert-OH is 1. The summed E-state index contributed by atoms with van der Waals surface area (Å²) in [6.07, 6.45) is 0.685. The van der Waals surface area contributed by atoms with E-state index in [2.05, 4.69) is 24.2 Å². The zero-order valence-electron chi connectivity index (χ0n) is 14.3. The third kappa shape index (κ3) is 4.53. The monoisotopic (exact) mass is 417 g/mol. The summed E-state index contributed by atoms with van der Waals surface area (Å²) in [5.74, 6) is 0.852. The van der Waals surface area contributed by atoms with Gasteiger partial charge in [0.2, 0.25) is 0 Å². The van der Waals surface area contributed by atoms with Gasteiger partial charge in [0.15, 0.2) is 11.9 Å². The Balaban J connectivity index is 1.87. The summed E-state index contributed by atoms with van der Waals surface area (Å²) in [7, 11) is -2.46. The van der Waals surface area contributed by atoms with Gasteiger partial charge in [-0.15, -0.1) is 0 Å². The number of nitrogens with two attached hydrogens (primary N) is 2. The molecule has 0 aliphatic carbocycles. The Morgan fingerprint density at radius 3 is 3.04 bits per heavy atom. The molecular formula is C13H19N7O5S2. The maximum Gasteiger partial charge on any atom is 0.333 e. The summed E-state index contributed by atoms with van der Waals surface area (Å²) in [6, 6.07) is 0. The van der Waals surface area contributed by atoms with Crippen LogP contribution in [0.5, 0.6) is 0 Å². The molecule has 12 nitrogen and oxygen atoms in total. The van der Waals surface area contributed by atoms with Gasteiger partial charge in [0, 0.05) is 25.4 Å². The maximum absolute atomic E-state index is 10.9. The molecule has 1 aliphatic heterocycles. The van der Waals surface area contributed by atoms with E-state index in [-0.39, 0.29) is 12.2 Å². The van der Waals surface area contributed by atoms with Gasteiger partial charge in [-0.1, -0.05) is 11.8 Å². The van der Waals surface area contributed by atoms with Gasteiger partial charge in [-0.25, -0.2) is 19.8 Å². The molecule has 1 saturated heterocycles. The second-order valence-corrected chi connectivity index (χ2v) is 7.90. The summed E-state index contributed by atoms with van der Waals surface area (Å²) in [4.78, 5) is 12.1. The van der Waals surface area contributed by atoms with E-state index in [9.17, 15) is 13.5 Å². The van der Waals surface area contributed by atoms with Crippen LogP contribution in [-0.4, -0.2) is 71.1 Å². The number of aromatic nitrogens is 4. The largest absolute Gasteiger partial charge is 0.390 e. The van der Waals surface area contributed by atoms with Gasteiger partial charge in [0.25, 0.3) is 0 Å². The van der Waals surface area contributed by atoms with Crippen LogP contribution in [0.15, 0.2) is 16.3 Å². The van der Waals surface area contributed by atoms with Gasteiger partial charge in [0.05, 0.1) is 18.1 Å². The summed E-state index contributed by atoms with van der Waals surface area (Å²) in [5, 5.41) is 20.6. The molecule has 3 atom stereocenters. The molecular weight excluding hydrogens is 398 g/mol. The number of anilines is 1. The SMILES string of the molecule is CN=CCSc1nn([C@H]2C[C@H](O)[C@@H](COS(N)(=O)=O)O2)c2ncnc(N)c12. The molecule has 148 valence electrons. The van der Waals surface area contributed by atoms with Crippen LogP contribution in [0.4, 0.5) is 5.82 Å². The van der Waals surface area contributed by atoms with Crippen molar-refractivity contribution in [1.82, 2.24) is 19.7 Å². The Morgan fingerprint density at radius 2 is 2.33 bits per heavy atom. The predicted octanol–water partition coefficient (Wildman–Crippen LogP) is -0.930. The van der Waals surface area contributed by atoms with Crippen molar-refractivity contribution < 1.29 is 22.4 Å². The highest BCUT2D eigenvalue weighted by atomic mass is 32.2. The third-order valence-electron chi connectivity index (χ3n) is 3.84. The smallest absolute Gasteiger partial charge is 0.333 e. The Morgan fingerprint density at radius 1 is 1.56 bits per heavy atom. The average Bonchev–Trinajstić information content (AvgIpc) is 3.14. The molecule has 2 aromatic rings. The number of rotatable bonds is 7. The van der Waals surface area contributed by atoms with E-state index < -0.39 is 35.3 Å². The van der Waals surface area contributed by atoms with Gasteiger partial charge < -0.3 is 15.6 Å². The number of fused-ring (bicyclic) bond motifs is 1. The molecule has 14 heteroatoms. The van der Waals surface area contributed by atoms with Gasteiger partial charge in [0.1, 0.15) is 23.3 Å². The lowest BCUT2D eigenvalue weighted by atomic mass is 10.2. The molecule has 5 N–H and O–H groups in total. The molecule has 0 aromatic carbocycles. The van der Waals surface area contributed by atoms with Crippen LogP contribution in [0.1, 0.15) is 12.6 Å². The van der Waals surface area contributed by atoms with Crippen LogP contribution < -0.4 is 10.9 Å². The topological polar surface area (TPSA) is 181 Å². The van der Waals surface area contributed by atoms with E-state index in [0.29, 0.717) is 21.8 Å². The lowest BCUT2D eigenvalue weighted by Gasteiger charge is -2.14. The normalized spacial score (nSPS) is 23.6. The van der Waals surface area contributed by atoms with Crippen molar-refractivity contribution in [3.63, 3.8) is 0 Å². The Kier molecular flexibility index (Phi) is 5.92. The molecule has 0 bridgehead atoms. The van der Waals surface area contributed by atoms with Gasteiger partial charge in [-0.2, -0.15) is 13.5 Å². The Hall–Kier alpha value is -1.84. The van der Waals surface area contributed by atoms with Crippen molar-refractivity contribution in [2.45, 2.75) is 29.9 Å². The number of nitrogens with zero attached hydrogens (tertiary/aromatic N) is 5. The predicted molar refractivity (Wildman–Crippen MR) is 98.5 cm³/mol. The number of ether oxygens (including phenoxy) is 1. The number of aliphatic hydroxyl groups is 1. The lowest BCUT2D eigenvalue weighted by Crippen LogP contribution is -2.30. The first-order chi connectivity index (χ1) is 12.8. The maximum atomic E-state index is 10.9. The van der Waals surface area contributed by atoms with E-state index in [1.165, 1.54) is 22.8 Å². The van der Waals surface area contributed by atoms with Crippen molar-refractivity contribution >= 4 is 45.1 Å². The third-order valence-corrected chi connectivity index (χ3v) is 5.18. The molecule has 3 heterocycles. The van der Waals surface area contributed by atoms with Crippen LogP contribution in [0.2, 0.25) is 0 Å². The fraction of sp³-hybridized carbons (Fsp3) is 0.538. The summed E-state index contributed by atoms with van der Waals surface area (Å²) < 4.78 is 33.6. The van der Waals surface area contributed by atoms with E-state index >= 15 is 0 Å². The Bertz CT molecular complexity index is 948. The zero-order chi connectivity index (χ0) is 19.6. The number of aliphatic imine (C=N–C) groups is 1. The van der Waals surface area contributed by atoms with E-state index in [0.717, 1.165) is 0 Å². The lowest BCUT2D eigenvalue weighted by molar-refractivity contribution is -0.0415. The van der Waals surface area contributed by atoms with Gasteiger partial charge in [-0.05, 0) is 0 Å². The molecule has 1 aliphatic rings. The molecule has 0 radical (unpaired) electrons. The van der Waals surface area contributed by atoms with Crippen molar-refractivity contribution in [2.24, 2.45) is 10.1 Å². The quantitative estimate of drug-likeness (QED) is 0.376. The first kappa shape index (κ1) is 19.9. The highest BCUT2D eigenvalue weighted by Gasteiger charge is 2.37. The number of thioether (sulfide) groups is 1. The minimum atomic E-state index is -4.13. The average molecular weight is 417 g/mol. The molecule has 2 aromatic heterocycles. The van der Waals surface area contributed by atoms with E-state index in [1.807, 2.05) is 0 Å². The fourth-order valence-electron chi connectivity index (χ4n) is 2.63. The van der Waals surface area contributed by atoms with Crippen molar-refractivity contribution in [2.75, 3.05) is 25.1 Å². The molecule has 0 unspecified atom stereocenters. The highest BCUT2D eigenvalue weighted by Crippen LogP contribution is 2.35. The number of hydrogen-bond acceptors (Lipinski definition) is 11. The van der Waals surface area contributed by atoms with Crippen LogP contribution in [0, 0.1) is 0 Å². The van der Waals surface area contributed by atoms with Crippen LogP contribution in [-0.2, 0) is 19.2 Å². The number of hydrogen-bond donors (Lipinski definition) is 3. The molecule has 0 amide bonds. The first-order valence-electron chi connectivity index (χ1n) is 7.83. The minimum absolute atomic E-state index is 0.167. The van der Waals surface area contributed by atoms with Crippen molar-refractivity contribution in [3.8, 4) is 0 Å². The summed E-state index contributed by atoms with van der Waals surface area (Å²) in [5.41, 5.74) is 6.43. The molecule has 0 spiro atoms. The van der Waals surface area contributed by atoms with Crippen molar-refractivity contribution in [3.05, 3.63) is 6.33 Å². The first-order valence-corrected chi connectivity index (χ1v) is 10.3. The standard InChI is InChI=1S/C13H19N7O5S2/c1-16-2-3-26-13-10-11(14)17-6-18-12(10)20(19-13)9-4-7(21)8(25-9)5-24-27(15,22)23/h2,6-9,21H,3-5H2,1H3,(H2,14,17,18)(H2,15,22,23)/t7-,8+,9+/m0/s1. The second kappa shape index (κ2) is 8.04. The minimum Gasteiger partial charge on any atom is -0.390 e. The number of nitrogen functional groups attached to an aromatic ring is 1. The molecule has 3 rings (SSSR count). The molecule has 0 saturated carbocycles. The molecule has 1 fully saturated rings. The molecule has 27 heavy (non-hydrogen) atoms. The highest BCUT2D eigenvalue weighted by molar-refractivity contribution is 8.00.